The molecule has 0 aromatic carbocycles. The van der Waals surface area contributed by atoms with E-state index >= 15 is 0 Å². The molecule has 0 saturated heterocycles. The molecule has 0 aromatic rings. The molecule has 0 rings (SSSR count). The van der Waals surface area contributed by atoms with Gasteiger partial charge in [-0.25, -0.2) is 4.18 Å². The smallest absolute Gasteiger partial charge is 1.00 e. The monoisotopic (exact) mass is 646 g/mol. The van der Waals surface area contributed by atoms with Crippen LogP contribution in [-0.4, -0.2) is 65.4 Å². The van der Waals surface area contributed by atoms with Crippen molar-refractivity contribution in [3.63, 3.8) is 0 Å². The number of rotatable bonds is 28. The molecule has 0 aromatic heterocycles. The van der Waals surface area contributed by atoms with Gasteiger partial charge >= 0.3 is 69.0 Å². The van der Waals surface area contributed by atoms with E-state index in [-0.39, 0.29) is 70.1 Å². The van der Waals surface area contributed by atoms with E-state index in [1.54, 1.807) is 6.92 Å². The first-order valence-corrected chi connectivity index (χ1v) is 18.1. The van der Waals surface area contributed by atoms with Gasteiger partial charge in [0.05, 0.1) is 6.61 Å². The Bertz CT molecular complexity index is 597. The van der Waals surface area contributed by atoms with Crippen LogP contribution in [0, 0.1) is 0 Å². The number of carbonyl (C=O) groups is 1. The Morgan fingerprint density at radius 3 is 1.05 bits per heavy atom. The number of aliphatic hydroxyl groups excluding tert-OH is 1. The maximum Gasteiger partial charge on any atom is 2.00 e. The minimum atomic E-state index is -4.23. The molecule has 0 atom stereocenters. The van der Waals surface area contributed by atoms with E-state index in [1.165, 1.54) is 128 Å². The molecule has 0 fully saturated rings. The van der Waals surface area contributed by atoms with E-state index in [9.17, 15) is 13.2 Å². The molecule has 0 amide bonds. The molecular formula is C32H71MgNaO7S. The van der Waals surface area contributed by atoms with Gasteiger partial charge in [0.15, 0.2) is 0 Å². The zero-order valence-electron chi connectivity index (χ0n) is 31.4. The largest absolute Gasteiger partial charge is 2.00 e. The fourth-order valence-corrected chi connectivity index (χ4v) is 4.73. The quantitative estimate of drug-likeness (QED) is 0.0475. The van der Waals surface area contributed by atoms with E-state index in [2.05, 4.69) is 18.0 Å². The van der Waals surface area contributed by atoms with Gasteiger partial charge in [0.25, 0.3) is 0 Å². The molecule has 42 heavy (non-hydrogen) atoms. The fraction of sp³-hybridized carbons (Fsp3) is 0.969. The molecule has 0 spiro atoms. The predicted molar refractivity (Wildman–Crippen MR) is 178 cm³/mol. The second-order valence-electron chi connectivity index (χ2n) is 10.8. The van der Waals surface area contributed by atoms with Crippen LogP contribution in [0.2, 0.25) is 0 Å². The van der Waals surface area contributed by atoms with Crippen LogP contribution >= 0.6 is 0 Å². The summed E-state index contributed by atoms with van der Waals surface area (Å²) in [5, 5.41) is 16.1. The van der Waals surface area contributed by atoms with Gasteiger partial charge in [0.1, 0.15) is 0 Å². The SMILES string of the molecule is CCCCCCCCCCCCCCCCCC(=O)O.CCCCCCCCCCCCOS(=O)(=O)O.CCO.[H-].[H-].[H-].[Mg+2].[Na+]. The van der Waals surface area contributed by atoms with Crippen molar-refractivity contribution in [3.05, 3.63) is 0 Å². The minimum Gasteiger partial charge on any atom is -1.00 e. The van der Waals surface area contributed by atoms with Gasteiger partial charge in [-0.05, 0) is 19.8 Å². The molecule has 7 nitrogen and oxygen atoms in total. The summed E-state index contributed by atoms with van der Waals surface area (Å²) in [7, 11) is -4.23. The Morgan fingerprint density at radius 1 is 0.571 bits per heavy atom. The number of carboxylic acids is 1. The maximum absolute atomic E-state index is 10.3. The molecule has 0 unspecified atom stereocenters. The summed E-state index contributed by atoms with van der Waals surface area (Å²) in [6.07, 6.45) is 32.1. The molecule has 3 N–H and O–H groups in total. The Morgan fingerprint density at radius 2 is 0.810 bits per heavy atom. The third kappa shape index (κ3) is 64.1. The van der Waals surface area contributed by atoms with E-state index in [0.29, 0.717) is 12.8 Å². The van der Waals surface area contributed by atoms with Crippen molar-refractivity contribution in [2.24, 2.45) is 0 Å². The first-order valence-electron chi connectivity index (χ1n) is 16.7. The average Bonchev–Trinajstić information content (AvgIpc) is 2.89. The Labute approximate surface area is 304 Å². The van der Waals surface area contributed by atoms with Crippen LogP contribution < -0.4 is 29.6 Å². The fourth-order valence-electron chi connectivity index (χ4n) is 4.40. The first-order chi connectivity index (χ1) is 19.2. The third-order valence-corrected chi connectivity index (χ3v) is 7.19. The van der Waals surface area contributed by atoms with Crippen LogP contribution in [0.1, 0.15) is 192 Å². The van der Waals surface area contributed by atoms with Gasteiger partial charge in [-0.2, -0.15) is 8.42 Å². The van der Waals surface area contributed by atoms with E-state index < -0.39 is 16.4 Å². The molecule has 0 aliphatic heterocycles. The molecule has 0 aliphatic rings. The van der Waals surface area contributed by atoms with Gasteiger partial charge in [-0.15, -0.1) is 0 Å². The Hall–Kier alpha value is 1.07. The number of hydrogen-bond acceptors (Lipinski definition) is 5. The normalized spacial score (nSPS) is 10.4. The van der Waals surface area contributed by atoms with Crippen LogP contribution in [0.3, 0.4) is 0 Å². The van der Waals surface area contributed by atoms with Gasteiger partial charge in [-0.1, -0.05) is 162 Å². The summed E-state index contributed by atoms with van der Waals surface area (Å²) in [5.41, 5.74) is 0. The van der Waals surface area contributed by atoms with Crippen LogP contribution in [0.25, 0.3) is 0 Å². The zero-order chi connectivity index (χ0) is 30.6. The van der Waals surface area contributed by atoms with E-state index in [1.807, 2.05) is 0 Å². The minimum absolute atomic E-state index is 0. The van der Waals surface area contributed by atoms with E-state index in [4.69, 9.17) is 14.8 Å². The summed E-state index contributed by atoms with van der Waals surface area (Å²) in [5.74, 6) is -0.653. The number of aliphatic carboxylic acids is 1. The molecule has 0 saturated carbocycles. The van der Waals surface area contributed by atoms with Crippen molar-refractivity contribution in [1.82, 2.24) is 0 Å². The predicted octanol–water partition coefficient (Wildman–Crippen LogP) is 7.02. The molecule has 0 bridgehead atoms. The van der Waals surface area contributed by atoms with Crippen molar-refractivity contribution in [3.8, 4) is 0 Å². The molecule has 0 aliphatic carbocycles. The van der Waals surface area contributed by atoms with Crippen molar-refractivity contribution >= 4 is 39.4 Å². The number of carboxylic acid groups (broad SMARTS) is 1. The van der Waals surface area contributed by atoms with Gasteiger partial charge in [0.2, 0.25) is 0 Å². The Kier molecular flexibility index (Phi) is 58.2. The van der Waals surface area contributed by atoms with E-state index in [0.717, 1.165) is 25.7 Å². The molecular weight excluding hydrogens is 576 g/mol. The van der Waals surface area contributed by atoms with Crippen molar-refractivity contribution < 1.29 is 66.0 Å². The zero-order valence-corrected chi connectivity index (χ0v) is 32.6. The summed E-state index contributed by atoms with van der Waals surface area (Å²) >= 11 is 0. The first kappa shape index (κ1) is 52.6. The van der Waals surface area contributed by atoms with Crippen LogP contribution in [0.5, 0.6) is 0 Å². The number of hydrogen-bond donors (Lipinski definition) is 3. The van der Waals surface area contributed by atoms with Gasteiger partial charge < -0.3 is 14.5 Å². The summed E-state index contributed by atoms with van der Waals surface area (Å²) in [6, 6.07) is 0. The Balaban J connectivity index is -0.0000000850. The standard InChI is InChI=1S/C18H36O2.C12H26O4S.C2H6O.Mg.Na.3H/c1-2-3-4-5-6-7-8-9-10-11-12-13-14-15-16-17-18(19)20;1-2-3-4-5-6-7-8-9-10-11-12-16-17(13,14)15;1-2-3;;;;;/h2-17H2,1H3,(H,19,20);2-12H2,1H3,(H,13,14,15);3H,2H2,1H3;;;;;/q;;;+2;+1;3*-1. The second kappa shape index (κ2) is 46.5. The van der Waals surface area contributed by atoms with Crippen LogP contribution in [-0.2, 0) is 19.4 Å². The number of aliphatic hydroxyl groups is 1. The van der Waals surface area contributed by atoms with Crippen molar-refractivity contribution in [1.29, 1.82) is 0 Å². The molecule has 10 heteroatoms. The second-order valence-corrected chi connectivity index (χ2v) is 11.9. The molecule has 250 valence electrons. The average molecular weight is 647 g/mol. The summed E-state index contributed by atoms with van der Waals surface area (Å²) in [4.78, 5) is 10.3. The van der Waals surface area contributed by atoms with Gasteiger partial charge in [0, 0.05) is 13.0 Å². The topological polar surface area (TPSA) is 121 Å². The third-order valence-electron chi connectivity index (χ3n) is 6.72. The van der Waals surface area contributed by atoms with Crippen molar-refractivity contribution in [2.75, 3.05) is 13.2 Å². The summed E-state index contributed by atoms with van der Waals surface area (Å²) in [6.45, 7) is 6.51. The van der Waals surface area contributed by atoms with Crippen molar-refractivity contribution in [2.45, 2.75) is 188 Å². The molecule has 0 heterocycles. The maximum atomic E-state index is 10.3. The van der Waals surface area contributed by atoms with Gasteiger partial charge in [-0.3, -0.25) is 9.35 Å². The van der Waals surface area contributed by atoms with Crippen LogP contribution in [0.4, 0.5) is 0 Å². The summed E-state index contributed by atoms with van der Waals surface area (Å²) < 4.78 is 33.0. The number of unbranched alkanes of at least 4 members (excludes halogenated alkanes) is 23. The molecule has 0 radical (unpaired) electrons. The van der Waals surface area contributed by atoms with Crippen LogP contribution in [0.15, 0.2) is 0 Å².